The first kappa shape index (κ1) is 41.4. The highest BCUT2D eigenvalue weighted by atomic mass is 19.4. The smallest absolute Gasteiger partial charge is 0.344 e. The van der Waals surface area contributed by atoms with Crippen LogP contribution in [0.25, 0.3) is 44.8 Å². The van der Waals surface area contributed by atoms with Crippen LogP contribution >= 0.6 is 0 Å². The molecule has 0 spiro atoms. The average molecular weight is 858 g/mol. The average Bonchev–Trinajstić information content (AvgIpc) is 3.70. The minimum atomic E-state index is -4.83. The van der Waals surface area contributed by atoms with E-state index in [1.165, 1.54) is 35.9 Å². The zero-order valence-corrected chi connectivity index (χ0v) is 34.1. The molecule has 11 heteroatoms. The van der Waals surface area contributed by atoms with E-state index in [1.54, 1.807) is 71.0 Å². The number of rotatable bonds is 10. The van der Waals surface area contributed by atoms with Crippen LogP contribution in [0.1, 0.15) is 11.1 Å². The van der Waals surface area contributed by atoms with E-state index in [9.17, 15) is 0 Å². The van der Waals surface area contributed by atoms with E-state index in [0.29, 0.717) is 22.7 Å². The maximum atomic E-state index is 15.2. The first-order valence-corrected chi connectivity index (χ1v) is 20.2. The molecule has 9 rings (SSSR count). The van der Waals surface area contributed by atoms with E-state index in [4.69, 9.17) is 0 Å². The number of aromatic nitrogens is 3. The third-order valence-electron chi connectivity index (χ3n) is 11.1. The summed E-state index contributed by atoms with van der Waals surface area (Å²) >= 11 is 0. The van der Waals surface area contributed by atoms with Crippen LogP contribution in [0.2, 0.25) is 0 Å². The van der Waals surface area contributed by atoms with Gasteiger partial charge in [0.05, 0.1) is 34.9 Å². The van der Waals surface area contributed by atoms with Gasteiger partial charge in [-0.05, 0) is 107 Å². The molecule has 0 N–H and O–H groups in total. The highest BCUT2D eigenvalue weighted by molar-refractivity contribution is 5.84. The molecule has 0 fully saturated rings. The monoisotopic (exact) mass is 857 g/mol. The van der Waals surface area contributed by atoms with Crippen molar-refractivity contribution >= 4 is 34.1 Å². The molecule has 0 aliphatic carbocycles. The second-order valence-electron chi connectivity index (χ2n) is 15.0. The molecule has 0 saturated carbocycles. The Kier molecular flexibility index (Phi) is 11.1. The molecule has 316 valence electrons. The maximum absolute atomic E-state index is 15.2. The van der Waals surface area contributed by atoms with Crippen LogP contribution in [0.4, 0.5) is 60.5 Å². The highest BCUT2D eigenvalue weighted by Gasteiger charge is 2.37. The molecule has 3 aromatic heterocycles. The van der Waals surface area contributed by atoms with Crippen LogP contribution in [0.15, 0.2) is 207 Å². The van der Waals surface area contributed by atoms with Crippen LogP contribution in [0.3, 0.4) is 0 Å². The Morgan fingerprint density at radius 3 is 1.08 bits per heavy atom. The maximum Gasteiger partial charge on any atom is 0.417 e. The summed E-state index contributed by atoms with van der Waals surface area (Å²) in [6.45, 7) is 0. The summed E-state index contributed by atoms with van der Waals surface area (Å²) < 4.78 is 92.7. The van der Waals surface area contributed by atoms with Gasteiger partial charge in [0, 0.05) is 64.7 Å². The number of anilines is 6. The van der Waals surface area contributed by atoms with E-state index in [1.807, 2.05) is 109 Å². The molecule has 0 saturated heterocycles. The number of pyridine rings is 2. The molecule has 0 aliphatic heterocycles. The van der Waals surface area contributed by atoms with Gasteiger partial charge in [-0.25, -0.2) is 0 Å². The quantitative estimate of drug-likeness (QED) is 0.128. The Bertz CT molecular complexity index is 2800. The van der Waals surface area contributed by atoms with Crippen molar-refractivity contribution in [2.75, 3.05) is 9.80 Å². The Morgan fingerprint density at radius 2 is 0.734 bits per heavy atom. The SMILES string of the molecule is Cn1c(-c2ccc(N(c3ccc(-c4ccccc4)cc3)c3cccnc3)cc2C(F)(F)F)ccc1-c1ccc(N(c2ccc(-c3ccccc3)cc2)c2cccnc2)cc1C(F)(F)F. The summed E-state index contributed by atoms with van der Waals surface area (Å²) in [5.74, 6) is 0. The Morgan fingerprint density at radius 1 is 0.375 bits per heavy atom. The first-order chi connectivity index (χ1) is 30.9. The van der Waals surface area contributed by atoms with Crippen molar-refractivity contribution in [3.05, 3.63) is 218 Å². The molecule has 6 aromatic carbocycles. The lowest BCUT2D eigenvalue weighted by Crippen LogP contribution is -2.14. The third-order valence-corrected chi connectivity index (χ3v) is 11.1. The molecule has 0 unspecified atom stereocenters. The normalized spacial score (nSPS) is 11.7. The fourth-order valence-corrected chi connectivity index (χ4v) is 8.04. The van der Waals surface area contributed by atoms with Crippen molar-refractivity contribution in [2.24, 2.45) is 7.05 Å². The van der Waals surface area contributed by atoms with Gasteiger partial charge in [0.1, 0.15) is 0 Å². The minimum absolute atomic E-state index is 0.0849. The molecule has 0 radical (unpaired) electrons. The zero-order chi connectivity index (χ0) is 44.4. The number of hydrogen-bond acceptors (Lipinski definition) is 4. The fourth-order valence-electron chi connectivity index (χ4n) is 8.04. The Labute approximate surface area is 365 Å². The largest absolute Gasteiger partial charge is 0.417 e. The number of nitrogens with zero attached hydrogens (tertiary/aromatic N) is 5. The summed E-state index contributed by atoms with van der Waals surface area (Å²) in [6.07, 6.45) is -3.37. The molecule has 0 aliphatic rings. The van der Waals surface area contributed by atoms with Crippen LogP contribution in [-0.4, -0.2) is 14.5 Å². The topological polar surface area (TPSA) is 37.2 Å². The molecule has 5 nitrogen and oxygen atoms in total. The van der Waals surface area contributed by atoms with Crippen LogP contribution in [0, 0.1) is 0 Å². The number of benzene rings is 6. The zero-order valence-electron chi connectivity index (χ0n) is 34.1. The van der Waals surface area contributed by atoms with E-state index in [0.717, 1.165) is 34.4 Å². The van der Waals surface area contributed by atoms with E-state index in [-0.39, 0.29) is 33.9 Å². The highest BCUT2D eigenvalue weighted by Crippen LogP contribution is 2.46. The van der Waals surface area contributed by atoms with Gasteiger partial charge in [0.2, 0.25) is 0 Å². The fraction of sp³-hybridized carbons (Fsp3) is 0.0566. The molecular formula is C53H37F6N5. The molecule has 3 heterocycles. The predicted octanol–water partition coefficient (Wildman–Crippen LogP) is 15.5. The van der Waals surface area contributed by atoms with E-state index in [2.05, 4.69) is 9.97 Å². The summed E-state index contributed by atoms with van der Waals surface area (Å²) in [4.78, 5) is 11.8. The lowest BCUT2D eigenvalue weighted by Gasteiger charge is -2.27. The second kappa shape index (κ2) is 17.1. The molecule has 64 heavy (non-hydrogen) atoms. The molecule has 0 atom stereocenters. The number of alkyl halides is 6. The number of halogens is 6. The van der Waals surface area contributed by atoms with Gasteiger partial charge < -0.3 is 14.4 Å². The van der Waals surface area contributed by atoms with Gasteiger partial charge >= 0.3 is 12.4 Å². The predicted molar refractivity (Wildman–Crippen MR) is 242 cm³/mol. The molecule has 0 amide bonds. The van der Waals surface area contributed by atoms with Crippen LogP contribution in [0.5, 0.6) is 0 Å². The Balaban J connectivity index is 1.11. The van der Waals surface area contributed by atoms with Gasteiger partial charge in [-0.2, -0.15) is 26.3 Å². The van der Waals surface area contributed by atoms with E-state index >= 15 is 26.3 Å². The summed E-state index contributed by atoms with van der Waals surface area (Å²) in [6, 6.07) is 52.2. The lowest BCUT2D eigenvalue weighted by atomic mass is 10.0. The van der Waals surface area contributed by atoms with Crippen molar-refractivity contribution in [3.8, 4) is 44.8 Å². The first-order valence-electron chi connectivity index (χ1n) is 20.2. The minimum Gasteiger partial charge on any atom is -0.344 e. The van der Waals surface area contributed by atoms with Gasteiger partial charge in [0.25, 0.3) is 0 Å². The van der Waals surface area contributed by atoms with Crippen LogP contribution in [-0.2, 0) is 19.4 Å². The molecule has 9 aromatic rings. The van der Waals surface area contributed by atoms with Gasteiger partial charge in [-0.3, -0.25) is 9.97 Å². The molecule has 0 bridgehead atoms. The van der Waals surface area contributed by atoms with Gasteiger partial charge in [-0.1, -0.05) is 97.1 Å². The summed E-state index contributed by atoms with van der Waals surface area (Å²) in [5.41, 5.74) is 4.43. The summed E-state index contributed by atoms with van der Waals surface area (Å²) in [5, 5.41) is 0. The van der Waals surface area contributed by atoms with Crippen molar-refractivity contribution in [1.29, 1.82) is 0 Å². The standard InChI is InChI=1S/C53H37F6N5/c1-62-50(46-26-24-42(32-48(46)52(54,55)56)63(44-14-8-30-60-34-44)40-20-16-38(17-21-40)36-10-4-2-5-11-36)28-29-51(62)47-27-25-43(33-49(47)53(57,58)59)64(45-15-9-31-61-35-45)41-22-18-39(19-23-41)37-12-6-3-7-13-37/h2-35H,1H3. The van der Waals surface area contributed by atoms with Crippen molar-refractivity contribution in [3.63, 3.8) is 0 Å². The van der Waals surface area contributed by atoms with Crippen LogP contribution < -0.4 is 9.80 Å². The summed E-state index contributed by atoms with van der Waals surface area (Å²) in [7, 11) is 1.47. The van der Waals surface area contributed by atoms with Gasteiger partial charge in [0.15, 0.2) is 0 Å². The van der Waals surface area contributed by atoms with Gasteiger partial charge in [-0.15, -0.1) is 0 Å². The second-order valence-corrected chi connectivity index (χ2v) is 15.0. The Hall–Kier alpha value is -7.92. The lowest BCUT2D eigenvalue weighted by molar-refractivity contribution is -0.137. The third kappa shape index (κ3) is 8.35. The number of hydrogen-bond donors (Lipinski definition) is 0. The molecular weight excluding hydrogens is 821 g/mol. The van der Waals surface area contributed by atoms with Crippen molar-refractivity contribution in [2.45, 2.75) is 12.4 Å². The van der Waals surface area contributed by atoms with Crippen molar-refractivity contribution < 1.29 is 26.3 Å². The van der Waals surface area contributed by atoms with E-state index < -0.39 is 23.5 Å². The van der Waals surface area contributed by atoms with Crippen molar-refractivity contribution in [1.82, 2.24) is 14.5 Å².